The molecule has 0 aliphatic rings. The molecule has 136 valence electrons. The van der Waals surface area contributed by atoms with Gasteiger partial charge in [0.25, 0.3) is 5.91 Å². The molecule has 1 amide bonds. The van der Waals surface area contributed by atoms with E-state index in [9.17, 15) is 4.79 Å². The Hall–Kier alpha value is -3.79. The monoisotopic (exact) mass is 361 g/mol. The molecule has 0 aliphatic carbocycles. The summed E-state index contributed by atoms with van der Waals surface area (Å²) in [5.74, 6) is 1.45. The fourth-order valence-corrected chi connectivity index (χ4v) is 2.57. The third-order valence-corrected chi connectivity index (χ3v) is 3.97. The minimum atomic E-state index is -0.161. The highest BCUT2D eigenvalue weighted by Gasteiger charge is 2.10. The highest BCUT2D eigenvalue weighted by Crippen LogP contribution is 2.21. The Morgan fingerprint density at radius 3 is 2.56 bits per heavy atom. The third-order valence-electron chi connectivity index (χ3n) is 3.97. The van der Waals surface area contributed by atoms with E-state index in [0.717, 1.165) is 5.75 Å². The predicted octanol–water partition coefficient (Wildman–Crippen LogP) is 3.02. The van der Waals surface area contributed by atoms with Crippen molar-refractivity contribution in [3.8, 4) is 17.6 Å². The maximum absolute atomic E-state index is 12.2. The fraction of sp³-hybridized carbons (Fsp3) is 0.150. The van der Waals surface area contributed by atoms with Gasteiger partial charge >= 0.3 is 0 Å². The first-order valence-electron chi connectivity index (χ1n) is 8.51. The molecule has 27 heavy (non-hydrogen) atoms. The van der Waals surface area contributed by atoms with Crippen molar-refractivity contribution in [3.05, 3.63) is 71.4 Å². The molecule has 0 saturated carbocycles. The lowest BCUT2D eigenvalue weighted by molar-refractivity contribution is 0.0953. The summed E-state index contributed by atoms with van der Waals surface area (Å²) >= 11 is 0. The molecule has 0 fully saturated rings. The van der Waals surface area contributed by atoms with Crippen molar-refractivity contribution >= 4 is 11.7 Å². The number of carbonyl (C=O) groups is 1. The largest absolute Gasteiger partial charge is 0.457 e. The number of benzene rings is 2. The van der Waals surface area contributed by atoms with E-state index in [-0.39, 0.29) is 11.7 Å². The van der Waals surface area contributed by atoms with Crippen molar-refractivity contribution in [2.75, 3.05) is 12.3 Å². The number of para-hydroxylation sites is 1. The van der Waals surface area contributed by atoms with Gasteiger partial charge in [0.05, 0.1) is 5.69 Å². The molecule has 7 nitrogen and oxygen atoms in total. The number of nitriles is 1. The summed E-state index contributed by atoms with van der Waals surface area (Å²) in [4.78, 5) is 12.2. The van der Waals surface area contributed by atoms with E-state index in [1.165, 1.54) is 0 Å². The van der Waals surface area contributed by atoms with Gasteiger partial charge in [-0.3, -0.25) is 9.89 Å². The number of carbonyl (C=O) groups excluding carboxylic acids is 1. The van der Waals surface area contributed by atoms with Gasteiger partial charge in [-0.15, -0.1) is 0 Å². The van der Waals surface area contributed by atoms with E-state index in [2.05, 4.69) is 15.5 Å². The molecular formula is C20H19N5O2. The molecule has 1 heterocycles. The molecule has 1 aromatic heterocycles. The summed E-state index contributed by atoms with van der Waals surface area (Å²) in [6.45, 7) is 0.477. The van der Waals surface area contributed by atoms with Gasteiger partial charge in [-0.1, -0.05) is 18.2 Å². The number of rotatable bonds is 7. The van der Waals surface area contributed by atoms with Crippen LogP contribution in [0.25, 0.3) is 0 Å². The molecule has 0 spiro atoms. The number of hydrogen-bond donors (Lipinski definition) is 3. The maximum atomic E-state index is 12.2. The minimum Gasteiger partial charge on any atom is -0.457 e. The number of aromatic amines is 1. The quantitative estimate of drug-likeness (QED) is 0.559. The van der Waals surface area contributed by atoms with E-state index >= 15 is 0 Å². The van der Waals surface area contributed by atoms with Crippen molar-refractivity contribution in [2.45, 2.75) is 12.8 Å². The van der Waals surface area contributed by atoms with Gasteiger partial charge in [0.2, 0.25) is 0 Å². The Morgan fingerprint density at radius 2 is 1.85 bits per heavy atom. The summed E-state index contributed by atoms with van der Waals surface area (Å²) in [6, 6.07) is 18.4. The lowest BCUT2D eigenvalue weighted by Gasteiger charge is -2.07. The average Bonchev–Trinajstić information content (AvgIpc) is 3.06. The van der Waals surface area contributed by atoms with Gasteiger partial charge < -0.3 is 15.8 Å². The number of nitrogens with two attached hydrogens (primary N) is 1. The first-order chi connectivity index (χ1) is 13.2. The molecule has 0 atom stereocenters. The van der Waals surface area contributed by atoms with Gasteiger partial charge in [0, 0.05) is 12.1 Å². The van der Waals surface area contributed by atoms with Crippen molar-refractivity contribution in [1.29, 1.82) is 5.26 Å². The molecule has 4 N–H and O–H groups in total. The summed E-state index contributed by atoms with van der Waals surface area (Å²) in [7, 11) is 0. The van der Waals surface area contributed by atoms with Crippen LogP contribution in [0.5, 0.6) is 11.5 Å². The van der Waals surface area contributed by atoms with E-state index in [0.29, 0.717) is 42.0 Å². The molecule has 0 saturated heterocycles. The number of aromatic nitrogens is 2. The summed E-state index contributed by atoms with van der Waals surface area (Å²) in [5.41, 5.74) is 7.21. The standard InChI is InChI=1S/C20H19N5O2/c21-13-17-18(24-25-19(17)22)7-4-12-23-20(26)14-8-10-16(11-9-14)27-15-5-2-1-3-6-15/h1-3,5-6,8-11H,4,7,12H2,(H,23,26)(H3,22,24,25). The number of H-pyrrole nitrogens is 1. The molecule has 3 rings (SSSR count). The van der Waals surface area contributed by atoms with Gasteiger partial charge in [0.15, 0.2) is 5.82 Å². The first kappa shape index (κ1) is 18.0. The number of aryl methyl sites for hydroxylation is 1. The summed E-state index contributed by atoms with van der Waals surface area (Å²) < 4.78 is 5.71. The van der Waals surface area contributed by atoms with Gasteiger partial charge in [-0.2, -0.15) is 10.4 Å². The summed E-state index contributed by atoms with van der Waals surface area (Å²) in [5, 5.41) is 18.4. The Balaban J connectivity index is 1.47. The van der Waals surface area contributed by atoms with Crippen LogP contribution in [0, 0.1) is 11.3 Å². The Bertz CT molecular complexity index is 943. The number of nitrogen functional groups attached to an aromatic ring is 1. The van der Waals surface area contributed by atoms with Crippen molar-refractivity contribution < 1.29 is 9.53 Å². The highest BCUT2D eigenvalue weighted by molar-refractivity contribution is 5.94. The number of nitrogens with zero attached hydrogens (tertiary/aromatic N) is 2. The average molecular weight is 361 g/mol. The zero-order valence-corrected chi connectivity index (χ0v) is 14.6. The van der Waals surface area contributed by atoms with Crippen LogP contribution in [0.4, 0.5) is 5.82 Å². The second-order valence-corrected chi connectivity index (χ2v) is 5.87. The lowest BCUT2D eigenvalue weighted by atomic mass is 10.1. The Labute approximate surface area is 156 Å². The number of nitrogens with one attached hydrogen (secondary N) is 2. The van der Waals surface area contributed by atoms with Crippen LogP contribution in [0.3, 0.4) is 0 Å². The third kappa shape index (κ3) is 4.64. The molecule has 0 radical (unpaired) electrons. The number of ether oxygens (including phenoxy) is 1. The van der Waals surface area contributed by atoms with Crippen LogP contribution in [0.1, 0.15) is 28.0 Å². The van der Waals surface area contributed by atoms with Crippen LogP contribution < -0.4 is 15.8 Å². The van der Waals surface area contributed by atoms with Gasteiger partial charge in [-0.25, -0.2) is 0 Å². The second kappa shape index (κ2) is 8.54. The Morgan fingerprint density at radius 1 is 1.15 bits per heavy atom. The smallest absolute Gasteiger partial charge is 0.251 e. The number of amides is 1. The first-order valence-corrected chi connectivity index (χ1v) is 8.51. The van der Waals surface area contributed by atoms with Crippen molar-refractivity contribution in [3.63, 3.8) is 0 Å². The van der Waals surface area contributed by atoms with Crippen LogP contribution in [0.2, 0.25) is 0 Å². The summed E-state index contributed by atoms with van der Waals surface area (Å²) in [6.07, 6.45) is 1.24. The molecule has 0 aliphatic heterocycles. The van der Waals surface area contributed by atoms with Crippen molar-refractivity contribution in [2.24, 2.45) is 0 Å². The predicted molar refractivity (Wildman–Crippen MR) is 101 cm³/mol. The molecule has 0 unspecified atom stereocenters. The fourth-order valence-electron chi connectivity index (χ4n) is 2.57. The molecule has 0 bridgehead atoms. The van der Waals surface area contributed by atoms with Crippen LogP contribution >= 0.6 is 0 Å². The normalized spacial score (nSPS) is 10.2. The Kier molecular flexibility index (Phi) is 5.70. The zero-order chi connectivity index (χ0) is 19.1. The van der Waals surface area contributed by atoms with Crippen LogP contribution in [0.15, 0.2) is 54.6 Å². The number of hydrogen-bond acceptors (Lipinski definition) is 5. The van der Waals surface area contributed by atoms with E-state index in [1.807, 2.05) is 36.4 Å². The van der Waals surface area contributed by atoms with E-state index in [4.69, 9.17) is 15.7 Å². The van der Waals surface area contributed by atoms with E-state index in [1.54, 1.807) is 24.3 Å². The number of anilines is 1. The molecule has 2 aromatic carbocycles. The van der Waals surface area contributed by atoms with Crippen molar-refractivity contribution in [1.82, 2.24) is 15.5 Å². The highest BCUT2D eigenvalue weighted by atomic mass is 16.5. The minimum absolute atomic E-state index is 0.161. The van der Waals surface area contributed by atoms with Crippen LogP contribution in [-0.2, 0) is 6.42 Å². The molecular weight excluding hydrogens is 342 g/mol. The van der Waals surface area contributed by atoms with Gasteiger partial charge in [-0.05, 0) is 49.2 Å². The second-order valence-electron chi connectivity index (χ2n) is 5.87. The van der Waals surface area contributed by atoms with Gasteiger partial charge in [0.1, 0.15) is 23.1 Å². The lowest BCUT2D eigenvalue weighted by Crippen LogP contribution is -2.24. The SMILES string of the molecule is N#Cc1c(N)n[nH]c1CCCNC(=O)c1ccc(Oc2ccccc2)cc1. The maximum Gasteiger partial charge on any atom is 0.251 e. The topological polar surface area (TPSA) is 117 Å². The molecule has 3 aromatic rings. The van der Waals surface area contributed by atoms with E-state index < -0.39 is 0 Å². The zero-order valence-electron chi connectivity index (χ0n) is 14.6. The van der Waals surface area contributed by atoms with Crippen LogP contribution in [-0.4, -0.2) is 22.6 Å². The molecule has 7 heteroatoms.